The van der Waals surface area contributed by atoms with E-state index in [9.17, 15) is 22.4 Å². The molecule has 0 saturated carbocycles. The van der Waals surface area contributed by atoms with Gasteiger partial charge >= 0.3 is 6.18 Å². The highest BCUT2D eigenvalue weighted by molar-refractivity contribution is 6.06. The first kappa shape index (κ1) is 19.6. The van der Waals surface area contributed by atoms with Gasteiger partial charge in [0.15, 0.2) is 0 Å². The maximum Gasteiger partial charge on any atom is 0.416 e. The zero-order valence-corrected chi connectivity index (χ0v) is 15.4. The molecule has 0 fully saturated rings. The fourth-order valence-electron chi connectivity index (χ4n) is 3.20. The molecule has 0 aliphatic heterocycles. The van der Waals surface area contributed by atoms with Crippen molar-refractivity contribution < 1.29 is 22.4 Å². The van der Waals surface area contributed by atoms with Gasteiger partial charge in [-0.3, -0.25) is 4.79 Å². The predicted octanol–water partition coefficient (Wildman–Crippen LogP) is 5.11. The lowest BCUT2D eigenvalue weighted by atomic mass is 10.1. The number of nitrogens with one attached hydrogen (secondary N) is 1. The Morgan fingerprint density at radius 1 is 1.00 bits per heavy atom. The lowest BCUT2D eigenvalue weighted by Gasteiger charge is -2.10. The molecule has 4 rings (SSSR count). The second-order valence-corrected chi connectivity index (χ2v) is 6.66. The summed E-state index contributed by atoms with van der Waals surface area (Å²) in [4.78, 5) is 12.7. The van der Waals surface area contributed by atoms with Gasteiger partial charge in [0.2, 0.25) is 0 Å². The van der Waals surface area contributed by atoms with Crippen LogP contribution in [0.4, 0.5) is 17.6 Å². The van der Waals surface area contributed by atoms with Crippen LogP contribution in [0.2, 0.25) is 0 Å². The van der Waals surface area contributed by atoms with E-state index < -0.39 is 23.5 Å². The largest absolute Gasteiger partial charge is 0.416 e. The van der Waals surface area contributed by atoms with Gasteiger partial charge in [-0.05, 0) is 48.0 Å². The minimum absolute atomic E-state index is 0.0584. The molecule has 4 nitrogen and oxygen atoms in total. The van der Waals surface area contributed by atoms with Crippen molar-refractivity contribution in [3.63, 3.8) is 0 Å². The first-order valence-electron chi connectivity index (χ1n) is 9.00. The Hall–Kier alpha value is -3.68. The van der Waals surface area contributed by atoms with Gasteiger partial charge in [0.1, 0.15) is 5.82 Å². The van der Waals surface area contributed by atoms with Gasteiger partial charge in [-0.15, -0.1) is 0 Å². The number of alkyl halides is 3. The van der Waals surface area contributed by atoms with Crippen LogP contribution in [0.3, 0.4) is 0 Å². The van der Waals surface area contributed by atoms with Crippen molar-refractivity contribution >= 4 is 16.8 Å². The van der Waals surface area contributed by atoms with Crippen molar-refractivity contribution in [3.05, 3.63) is 95.4 Å². The molecule has 3 aromatic carbocycles. The Labute approximate surface area is 168 Å². The smallest absolute Gasteiger partial charge is 0.348 e. The number of amides is 1. The third-order valence-electron chi connectivity index (χ3n) is 4.62. The van der Waals surface area contributed by atoms with E-state index in [1.54, 1.807) is 30.3 Å². The van der Waals surface area contributed by atoms with Gasteiger partial charge in [-0.1, -0.05) is 24.3 Å². The molecule has 1 heterocycles. The van der Waals surface area contributed by atoms with Crippen LogP contribution in [0, 0.1) is 5.82 Å². The van der Waals surface area contributed by atoms with E-state index in [4.69, 9.17) is 0 Å². The van der Waals surface area contributed by atoms with Crippen LogP contribution in [-0.2, 0) is 12.7 Å². The number of hydrogen-bond donors (Lipinski definition) is 1. The van der Waals surface area contributed by atoms with Crippen LogP contribution in [0.15, 0.2) is 72.9 Å². The molecule has 0 aliphatic carbocycles. The minimum atomic E-state index is -4.45. The lowest BCUT2D eigenvalue weighted by Crippen LogP contribution is -2.23. The summed E-state index contributed by atoms with van der Waals surface area (Å²) in [6, 6.07) is 15.7. The standard InChI is InChI=1S/C22H15F4N3O/c23-16-6-2-7-17(11-16)29-20-9-3-8-18(19(20)13-28-29)21(30)27-12-14-4-1-5-15(10-14)22(24,25)26/h1-11,13H,12H2,(H,27,30). The Morgan fingerprint density at radius 2 is 1.77 bits per heavy atom. The van der Waals surface area contributed by atoms with Crippen molar-refractivity contribution in [2.45, 2.75) is 12.7 Å². The summed E-state index contributed by atoms with van der Waals surface area (Å²) in [5, 5.41) is 7.44. The summed E-state index contributed by atoms with van der Waals surface area (Å²) in [5.74, 6) is -0.858. The molecule has 1 aromatic heterocycles. The number of nitrogens with zero attached hydrogens (tertiary/aromatic N) is 2. The van der Waals surface area contributed by atoms with E-state index in [-0.39, 0.29) is 6.54 Å². The van der Waals surface area contributed by atoms with E-state index in [1.807, 2.05) is 0 Å². The second kappa shape index (κ2) is 7.62. The number of halogens is 4. The summed E-state index contributed by atoms with van der Waals surface area (Å²) in [7, 11) is 0. The SMILES string of the molecule is O=C(NCc1cccc(C(F)(F)F)c1)c1cccc2c1cnn2-c1cccc(F)c1. The summed E-state index contributed by atoms with van der Waals surface area (Å²) < 4.78 is 53.6. The average molecular weight is 413 g/mol. The summed E-state index contributed by atoms with van der Waals surface area (Å²) in [6.07, 6.45) is -2.95. The number of fused-ring (bicyclic) bond motifs is 1. The Bertz CT molecular complexity index is 1230. The van der Waals surface area contributed by atoms with Crippen LogP contribution in [0.1, 0.15) is 21.5 Å². The molecule has 0 aliphatic rings. The predicted molar refractivity (Wildman–Crippen MR) is 104 cm³/mol. The van der Waals surface area contributed by atoms with Crippen molar-refractivity contribution in [3.8, 4) is 5.69 Å². The lowest BCUT2D eigenvalue weighted by molar-refractivity contribution is -0.137. The van der Waals surface area contributed by atoms with Crippen LogP contribution in [-0.4, -0.2) is 15.7 Å². The second-order valence-electron chi connectivity index (χ2n) is 6.66. The van der Waals surface area contributed by atoms with E-state index in [0.717, 1.165) is 12.1 Å². The third-order valence-corrected chi connectivity index (χ3v) is 4.62. The average Bonchev–Trinajstić information content (AvgIpc) is 3.16. The van der Waals surface area contributed by atoms with Crippen LogP contribution in [0.25, 0.3) is 16.6 Å². The van der Waals surface area contributed by atoms with Crippen molar-refractivity contribution in [1.29, 1.82) is 0 Å². The zero-order valence-electron chi connectivity index (χ0n) is 15.4. The molecule has 0 spiro atoms. The third kappa shape index (κ3) is 3.89. The molecule has 0 saturated heterocycles. The zero-order chi connectivity index (χ0) is 21.3. The van der Waals surface area contributed by atoms with Crippen molar-refractivity contribution in [2.75, 3.05) is 0 Å². The molecule has 152 valence electrons. The normalized spacial score (nSPS) is 11.6. The fraction of sp³-hybridized carbons (Fsp3) is 0.0909. The molecular formula is C22H15F4N3O. The topological polar surface area (TPSA) is 46.9 Å². The maximum absolute atomic E-state index is 13.6. The first-order chi connectivity index (χ1) is 14.3. The van der Waals surface area contributed by atoms with Gasteiger partial charge < -0.3 is 5.32 Å². The quantitative estimate of drug-likeness (QED) is 0.473. The highest BCUT2D eigenvalue weighted by atomic mass is 19.4. The number of carbonyl (C=O) groups is 1. The van der Waals surface area contributed by atoms with E-state index in [0.29, 0.717) is 27.7 Å². The molecule has 1 amide bonds. The summed E-state index contributed by atoms with van der Waals surface area (Å²) in [6.45, 7) is -0.0584. The number of carbonyl (C=O) groups excluding carboxylic acids is 1. The molecule has 1 N–H and O–H groups in total. The molecule has 0 unspecified atom stereocenters. The van der Waals surface area contributed by atoms with Gasteiger partial charge in [0, 0.05) is 11.9 Å². The van der Waals surface area contributed by atoms with E-state index in [2.05, 4.69) is 10.4 Å². The highest BCUT2D eigenvalue weighted by Gasteiger charge is 2.30. The van der Waals surface area contributed by atoms with E-state index >= 15 is 0 Å². The summed E-state index contributed by atoms with van der Waals surface area (Å²) >= 11 is 0. The van der Waals surface area contributed by atoms with Gasteiger partial charge in [-0.2, -0.15) is 18.3 Å². The Balaban J connectivity index is 1.59. The Kier molecular flexibility index (Phi) is 4.99. The van der Waals surface area contributed by atoms with Gasteiger partial charge in [0.25, 0.3) is 5.91 Å². The van der Waals surface area contributed by atoms with E-state index in [1.165, 1.54) is 35.1 Å². The van der Waals surface area contributed by atoms with Crippen molar-refractivity contribution in [1.82, 2.24) is 15.1 Å². The van der Waals surface area contributed by atoms with Gasteiger partial charge in [-0.25, -0.2) is 9.07 Å². The number of benzene rings is 3. The van der Waals surface area contributed by atoms with Crippen LogP contribution in [0.5, 0.6) is 0 Å². The maximum atomic E-state index is 13.6. The highest BCUT2D eigenvalue weighted by Crippen LogP contribution is 2.29. The minimum Gasteiger partial charge on any atom is -0.348 e. The molecule has 0 radical (unpaired) electrons. The number of aromatic nitrogens is 2. The van der Waals surface area contributed by atoms with Gasteiger partial charge in [0.05, 0.1) is 28.5 Å². The molecular weight excluding hydrogens is 398 g/mol. The molecule has 4 aromatic rings. The van der Waals surface area contributed by atoms with Crippen LogP contribution >= 0.6 is 0 Å². The molecule has 8 heteroatoms. The number of hydrogen-bond acceptors (Lipinski definition) is 2. The fourth-order valence-corrected chi connectivity index (χ4v) is 3.20. The summed E-state index contributed by atoms with van der Waals surface area (Å²) in [5.41, 5.74) is 0.995. The monoisotopic (exact) mass is 413 g/mol. The van der Waals surface area contributed by atoms with Crippen LogP contribution < -0.4 is 5.32 Å². The molecule has 30 heavy (non-hydrogen) atoms. The molecule has 0 atom stereocenters. The molecule has 0 bridgehead atoms. The van der Waals surface area contributed by atoms with Crippen molar-refractivity contribution in [2.24, 2.45) is 0 Å². The Morgan fingerprint density at radius 3 is 2.53 bits per heavy atom. The number of rotatable bonds is 4. The first-order valence-corrected chi connectivity index (χ1v) is 9.00.